The van der Waals surface area contributed by atoms with Crippen LogP contribution in [0.3, 0.4) is 0 Å². The Bertz CT molecular complexity index is 566. The van der Waals surface area contributed by atoms with Gasteiger partial charge in [-0.2, -0.15) is 0 Å². The first-order valence-electron chi connectivity index (χ1n) is 4.77. The molecular weight excluding hydrogens is 209 g/mol. The van der Waals surface area contributed by atoms with Crippen molar-refractivity contribution in [2.75, 3.05) is 7.11 Å². The van der Waals surface area contributed by atoms with Crippen LogP contribution in [0.1, 0.15) is 16.1 Å². The Morgan fingerprint density at radius 1 is 1.38 bits per heavy atom. The molecule has 0 amide bonds. The van der Waals surface area contributed by atoms with E-state index in [-0.39, 0.29) is 11.5 Å². The third-order valence-corrected chi connectivity index (χ3v) is 2.36. The summed E-state index contributed by atoms with van der Waals surface area (Å²) in [4.78, 5) is 15.3. The Hall–Kier alpha value is -1.97. The number of esters is 1. The molecule has 0 radical (unpaired) electrons. The number of aromatic nitrogens is 1. The zero-order chi connectivity index (χ0) is 11.7. The van der Waals surface area contributed by atoms with E-state index < -0.39 is 5.97 Å². The maximum absolute atomic E-state index is 13.3. The number of carbonyl (C=O) groups excluding carboxylic acids is 1. The minimum atomic E-state index is -0.525. The molecule has 1 aromatic carbocycles. The number of carbonyl (C=O) groups is 1. The fraction of sp³-hybridized carbons (Fsp3) is 0.167. The molecule has 0 spiro atoms. The second kappa shape index (κ2) is 3.89. The molecule has 0 fully saturated rings. The fourth-order valence-electron chi connectivity index (χ4n) is 1.48. The molecule has 2 aromatic rings. The molecule has 2 rings (SSSR count). The summed E-state index contributed by atoms with van der Waals surface area (Å²) in [7, 11) is 1.28. The number of fused-ring (bicyclic) bond motifs is 1. The van der Waals surface area contributed by atoms with E-state index in [2.05, 4.69) is 9.72 Å². The molecule has 16 heavy (non-hydrogen) atoms. The molecule has 0 aliphatic rings. The average molecular weight is 219 g/mol. The number of halogens is 1. The van der Waals surface area contributed by atoms with Crippen molar-refractivity contribution in [1.29, 1.82) is 0 Å². The van der Waals surface area contributed by atoms with Crippen LogP contribution in [0.5, 0.6) is 0 Å². The smallest absolute Gasteiger partial charge is 0.356 e. The molecule has 3 nitrogen and oxygen atoms in total. The van der Waals surface area contributed by atoms with Gasteiger partial charge in [0.1, 0.15) is 11.5 Å². The number of rotatable bonds is 1. The van der Waals surface area contributed by atoms with Crippen molar-refractivity contribution >= 4 is 16.9 Å². The van der Waals surface area contributed by atoms with Crippen molar-refractivity contribution < 1.29 is 13.9 Å². The highest BCUT2D eigenvalue weighted by Crippen LogP contribution is 2.17. The molecule has 0 saturated carbocycles. The Labute approximate surface area is 91.9 Å². The van der Waals surface area contributed by atoms with E-state index in [0.717, 1.165) is 5.39 Å². The Kier molecular flexibility index (Phi) is 2.56. The highest BCUT2D eigenvalue weighted by atomic mass is 19.1. The van der Waals surface area contributed by atoms with Crippen molar-refractivity contribution in [3.05, 3.63) is 41.3 Å². The number of aryl methyl sites for hydroxylation is 1. The van der Waals surface area contributed by atoms with Gasteiger partial charge in [0.2, 0.25) is 0 Å². The summed E-state index contributed by atoms with van der Waals surface area (Å²) in [6.07, 6.45) is 0. The van der Waals surface area contributed by atoms with Crippen LogP contribution < -0.4 is 0 Å². The Morgan fingerprint density at radius 2 is 2.12 bits per heavy atom. The average Bonchev–Trinajstić information content (AvgIpc) is 2.29. The fourth-order valence-corrected chi connectivity index (χ4v) is 1.48. The minimum Gasteiger partial charge on any atom is -0.464 e. The molecule has 82 valence electrons. The second-order valence-corrected chi connectivity index (χ2v) is 3.48. The SMILES string of the molecule is COC(=O)c1ccc2cc(C)c(F)cc2n1. The summed E-state index contributed by atoms with van der Waals surface area (Å²) in [5.41, 5.74) is 1.18. The predicted octanol–water partition coefficient (Wildman–Crippen LogP) is 2.47. The zero-order valence-corrected chi connectivity index (χ0v) is 8.95. The first-order chi connectivity index (χ1) is 7.61. The number of ether oxygens (including phenoxy) is 1. The lowest BCUT2D eigenvalue weighted by molar-refractivity contribution is 0.0594. The molecule has 0 aliphatic heterocycles. The lowest BCUT2D eigenvalue weighted by Crippen LogP contribution is -2.04. The van der Waals surface area contributed by atoms with Crippen LogP contribution in [-0.4, -0.2) is 18.1 Å². The molecule has 0 bridgehead atoms. The van der Waals surface area contributed by atoms with Crippen LogP contribution in [0.15, 0.2) is 24.3 Å². The molecule has 1 heterocycles. The van der Waals surface area contributed by atoms with E-state index >= 15 is 0 Å². The number of methoxy groups -OCH3 is 1. The summed E-state index contributed by atoms with van der Waals surface area (Å²) < 4.78 is 17.9. The maximum Gasteiger partial charge on any atom is 0.356 e. The third-order valence-electron chi connectivity index (χ3n) is 2.36. The Balaban J connectivity index is 2.62. The first kappa shape index (κ1) is 10.5. The van der Waals surface area contributed by atoms with E-state index in [0.29, 0.717) is 11.1 Å². The van der Waals surface area contributed by atoms with Gasteiger partial charge >= 0.3 is 5.97 Å². The van der Waals surface area contributed by atoms with E-state index in [9.17, 15) is 9.18 Å². The minimum absolute atomic E-state index is 0.179. The zero-order valence-electron chi connectivity index (χ0n) is 8.95. The van der Waals surface area contributed by atoms with Gasteiger partial charge in [-0.15, -0.1) is 0 Å². The summed E-state index contributed by atoms with van der Waals surface area (Å²) in [6, 6.07) is 6.29. The number of hydrogen-bond donors (Lipinski definition) is 0. The lowest BCUT2D eigenvalue weighted by atomic mass is 10.1. The van der Waals surface area contributed by atoms with Crippen molar-refractivity contribution in [1.82, 2.24) is 4.98 Å². The molecule has 4 heteroatoms. The number of nitrogens with zero attached hydrogens (tertiary/aromatic N) is 1. The molecule has 0 atom stereocenters. The van der Waals surface area contributed by atoms with Crippen molar-refractivity contribution in [2.24, 2.45) is 0 Å². The summed E-state index contributed by atoms with van der Waals surface area (Å²) in [5, 5.41) is 0.798. The highest BCUT2D eigenvalue weighted by Gasteiger charge is 2.09. The number of pyridine rings is 1. The van der Waals surface area contributed by atoms with E-state index in [1.165, 1.54) is 13.2 Å². The van der Waals surface area contributed by atoms with Gasteiger partial charge < -0.3 is 4.74 Å². The van der Waals surface area contributed by atoms with Crippen molar-refractivity contribution in [2.45, 2.75) is 6.92 Å². The molecule has 0 unspecified atom stereocenters. The standard InChI is InChI=1S/C12H10FNO2/c1-7-5-8-3-4-10(12(15)16-2)14-11(8)6-9(7)13/h3-6H,1-2H3. The van der Waals surface area contributed by atoms with Gasteiger partial charge in [0.15, 0.2) is 0 Å². The van der Waals surface area contributed by atoms with Crippen LogP contribution in [0.2, 0.25) is 0 Å². The summed E-state index contributed by atoms with van der Waals surface area (Å²) in [5.74, 6) is -0.857. The first-order valence-corrected chi connectivity index (χ1v) is 4.77. The molecule has 1 aromatic heterocycles. The van der Waals surface area contributed by atoms with Gasteiger partial charge in [-0.3, -0.25) is 0 Å². The van der Waals surface area contributed by atoms with E-state index in [4.69, 9.17) is 0 Å². The molecular formula is C12H10FNO2. The van der Waals surface area contributed by atoms with Crippen LogP contribution in [0, 0.1) is 12.7 Å². The van der Waals surface area contributed by atoms with Crippen LogP contribution in [-0.2, 0) is 4.74 Å². The largest absolute Gasteiger partial charge is 0.464 e. The predicted molar refractivity (Wildman–Crippen MR) is 57.8 cm³/mol. The normalized spacial score (nSPS) is 10.4. The van der Waals surface area contributed by atoms with E-state index in [1.807, 2.05) is 0 Å². The van der Waals surface area contributed by atoms with E-state index in [1.54, 1.807) is 25.1 Å². The topological polar surface area (TPSA) is 39.2 Å². The monoisotopic (exact) mass is 219 g/mol. The van der Waals surface area contributed by atoms with Crippen LogP contribution in [0.25, 0.3) is 10.9 Å². The van der Waals surface area contributed by atoms with Crippen LogP contribution >= 0.6 is 0 Å². The van der Waals surface area contributed by atoms with Gasteiger partial charge in [-0.1, -0.05) is 6.07 Å². The van der Waals surface area contributed by atoms with Gasteiger partial charge in [0, 0.05) is 11.5 Å². The van der Waals surface area contributed by atoms with Gasteiger partial charge in [0.25, 0.3) is 0 Å². The quantitative estimate of drug-likeness (QED) is 0.691. The maximum atomic E-state index is 13.3. The van der Waals surface area contributed by atoms with Gasteiger partial charge in [-0.05, 0) is 24.6 Å². The van der Waals surface area contributed by atoms with Gasteiger partial charge in [0.05, 0.1) is 12.6 Å². The third kappa shape index (κ3) is 1.74. The van der Waals surface area contributed by atoms with Crippen molar-refractivity contribution in [3.63, 3.8) is 0 Å². The molecule has 0 saturated heterocycles. The summed E-state index contributed by atoms with van der Waals surface area (Å²) >= 11 is 0. The number of benzene rings is 1. The lowest BCUT2D eigenvalue weighted by Gasteiger charge is -2.03. The van der Waals surface area contributed by atoms with Crippen molar-refractivity contribution in [3.8, 4) is 0 Å². The summed E-state index contributed by atoms with van der Waals surface area (Å²) in [6.45, 7) is 1.68. The number of hydrogen-bond acceptors (Lipinski definition) is 3. The highest BCUT2D eigenvalue weighted by molar-refractivity contribution is 5.91. The second-order valence-electron chi connectivity index (χ2n) is 3.48. The van der Waals surface area contributed by atoms with Gasteiger partial charge in [-0.25, -0.2) is 14.2 Å². The van der Waals surface area contributed by atoms with Crippen LogP contribution in [0.4, 0.5) is 4.39 Å². The molecule has 0 aliphatic carbocycles. The molecule has 0 N–H and O–H groups in total. The Morgan fingerprint density at radius 3 is 2.81 bits per heavy atom.